The smallest absolute Gasteiger partial charge is 0.223 e. The van der Waals surface area contributed by atoms with Gasteiger partial charge < -0.3 is 20.3 Å². The number of aliphatic hydroxyl groups is 1. The molecule has 0 bridgehead atoms. The third-order valence-corrected chi connectivity index (χ3v) is 1.64. The number of aromatic nitrogens is 2. The van der Waals surface area contributed by atoms with Gasteiger partial charge in [0.1, 0.15) is 0 Å². The van der Waals surface area contributed by atoms with Gasteiger partial charge in [-0.3, -0.25) is 0 Å². The van der Waals surface area contributed by atoms with Crippen LogP contribution in [0.5, 0.6) is 5.88 Å². The second-order valence-corrected chi connectivity index (χ2v) is 3.75. The molecule has 0 unspecified atom stereocenters. The van der Waals surface area contributed by atoms with Gasteiger partial charge in [-0.1, -0.05) is 13.8 Å². The van der Waals surface area contributed by atoms with Gasteiger partial charge in [-0.05, 0) is 13.8 Å². The average molecular weight is 257 g/mol. The van der Waals surface area contributed by atoms with E-state index < -0.39 is 5.79 Å². The van der Waals surface area contributed by atoms with E-state index in [4.69, 9.17) is 15.2 Å². The fourth-order valence-corrected chi connectivity index (χ4v) is 0.994. The summed E-state index contributed by atoms with van der Waals surface area (Å²) in [4.78, 5) is 7.62. The average Bonchev–Trinajstić information content (AvgIpc) is 2.30. The van der Waals surface area contributed by atoms with E-state index in [1.54, 1.807) is 19.9 Å². The molecule has 0 saturated heterocycles. The Morgan fingerprint density at radius 2 is 2.00 bits per heavy atom. The molecule has 0 aliphatic rings. The molecule has 3 N–H and O–H groups in total. The molecule has 0 amide bonds. The number of anilines is 1. The van der Waals surface area contributed by atoms with Crippen LogP contribution in [0.25, 0.3) is 0 Å². The minimum atomic E-state index is -1.10. The fourth-order valence-electron chi connectivity index (χ4n) is 0.994. The summed E-state index contributed by atoms with van der Waals surface area (Å²) in [6.07, 6.45) is 2.19. The van der Waals surface area contributed by atoms with Crippen LogP contribution >= 0.6 is 0 Å². The van der Waals surface area contributed by atoms with Gasteiger partial charge in [0.15, 0.2) is 5.79 Å². The number of hydrogen-bond donors (Lipinski definition) is 2. The summed E-state index contributed by atoms with van der Waals surface area (Å²) in [5.74, 6) is -0.472. The lowest BCUT2D eigenvalue weighted by molar-refractivity contribution is -0.176. The van der Waals surface area contributed by atoms with Crippen LogP contribution in [-0.4, -0.2) is 34.1 Å². The maximum atomic E-state index is 9.27. The van der Waals surface area contributed by atoms with Crippen molar-refractivity contribution in [2.24, 2.45) is 0 Å². The molecule has 0 atom stereocenters. The van der Waals surface area contributed by atoms with Crippen molar-refractivity contribution >= 4 is 5.95 Å². The lowest BCUT2D eigenvalue weighted by Gasteiger charge is -2.17. The van der Waals surface area contributed by atoms with E-state index in [-0.39, 0.29) is 5.95 Å². The Bertz CT molecular complexity index is 327. The van der Waals surface area contributed by atoms with Crippen molar-refractivity contribution in [3.05, 3.63) is 12.3 Å². The van der Waals surface area contributed by atoms with E-state index in [0.717, 1.165) is 0 Å². The van der Waals surface area contributed by atoms with Gasteiger partial charge in [0.25, 0.3) is 0 Å². The zero-order valence-corrected chi connectivity index (χ0v) is 11.5. The first-order chi connectivity index (χ1) is 8.47. The molecule has 1 heterocycles. The highest BCUT2D eigenvalue weighted by Crippen LogP contribution is 2.07. The lowest BCUT2D eigenvalue weighted by atomic mass is 10.4. The number of rotatable bonds is 6. The topological polar surface area (TPSA) is 90.5 Å². The maximum Gasteiger partial charge on any atom is 0.223 e. The van der Waals surface area contributed by atoms with E-state index in [9.17, 15) is 5.11 Å². The summed E-state index contributed by atoms with van der Waals surface area (Å²) in [6.45, 7) is 8.04. The van der Waals surface area contributed by atoms with Crippen LogP contribution in [0.3, 0.4) is 0 Å². The van der Waals surface area contributed by atoms with Gasteiger partial charge in [0.05, 0.1) is 13.2 Å². The minimum Gasteiger partial charge on any atom is -0.477 e. The van der Waals surface area contributed by atoms with Crippen LogP contribution in [0.2, 0.25) is 0 Å². The second-order valence-electron chi connectivity index (χ2n) is 3.75. The lowest BCUT2D eigenvalue weighted by Crippen LogP contribution is -2.24. The number of nitrogens with two attached hydrogens (primary N) is 1. The molecule has 0 fully saturated rings. The predicted molar refractivity (Wildman–Crippen MR) is 70.2 cm³/mol. The molecule has 0 aliphatic heterocycles. The van der Waals surface area contributed by atoms with Gasteiger partial charge in [0.2, 0.25) is 11.8 Å². The van der Waals surface area contributed by atoms with Crippen molar-refractivity contribution < 1.29 is 14.6 Å². The highest BCUT2D eigenvalue weighted by atomic mass is 16.6. The molecule has 0 saturated carbocycles. The van der Waals surface area contributed by atoms with E-state index in [1.807, 2.05) is 13.8 Å². The Morgan fingerprint density at radius 1 is 1.33 bits per heavy atom. The predicted octanol–water partition coefficient (Wildman–Crippen LogP) is 1.60. The van der Waals surface area contributed by atoms with Crippen molar-refractivity contribution in [2.75, 3.05) is 18.9 Å². The summed E-state index contributed by atoms with van der Waals surface area (Å²) in [6, 6.07) is 1.63. The molecule has 6 heteroatoms. The third kappa shape index (κ3) is 8.72. The monoisotopic (exact) mass is 257 g/mol. The van der Waals surface area contributed by atoms with E-state index in [2.05, 4.69) is 9.97 Å². The molecule has 1 aromatic rings. The van der Waals surface area contributed by atoms with Crippen molar-refractivity contribution in [3.63, 3.8) is 0 Å². The molecule has 104 valence electrons. The van der Waals surface area contributed by atoms with Gasteiger partial charge >= 0.3 is 0 Å². The summed E-state index contributed by atoms with van der Waals surface area (Å²) < 4.78 is 10.4. The van der Waals surface area contributed by atoms with Crippen molar-refractivity contribution in [1.29, 1.82) is 0 Å². The molecule has 0 spiro atoms. The SMILES string of the molecule is CC.CC(C)(O)OCCCOc1ccnc(N)n1. The van der Waals surface area contributed by atoms with Crippen LogP contribution in [0.1, 0.15) is 34.1 Å². The highest BCUT2D eigenvalue weighted by molar-refractivity contribution is 5.20. The van der Waals surface area contributed by atoms with Crippen molar-refractivity contribution in [1.82, 2.24) is 9.97 Å². The molecule has 0 aromatic carbocycles. The molecule has 6 nitrogen and oxygen atoms in total. The Labute approximate surface area is 108 Å². The van der Waals surface area contributed by atoms with Gasteiger partial charge in [-0.25, -0.2) is 4.98 Å². The van der Waals surface area contributed by atoms with Crippen LogP contribution in [0, 0.1) is 0 Å². The van der Waals surface area contributed by atoms with Crippen LogP contribution < -0.4 is 10.5 Å². The Morgan fingerprint density at radius 3 is 2.56 bits per heavy atom. The number of hydrogen-bond acceptors (Lipinski definition) is 6. The number of nitrogens with zero attached hydrogens (tertiary/aromatic N) is 2. The first-order valence-corrected chi connectivity index (χ1v) is 6.05. The van der Waals surface area contributed by atoms with Gasteiger partial charge in [-0.2, -0.15) is 4.98 Å². The van der Waals surface area contributed by atoms with Gasteiger partial charge in [0, 0.05) is 18.7 Å². The first-order valence-electron chi connectivity index (χ1n) is 6.05. The Kier molecular flexibility index (Phi) is 7.98. The normalized spacial score (nSPS) is 10.5. The number of nitrogen functional groups attached to an aromatic ring is 1. The Hall–Kier alpha value is -1.40. The summed E-state index contributed by atoms with van der Waals surface area (Å²) in [7, 11) is 0. The van der Waals surface area contributed by atoms with E-state index >= 15 is 0 Å². The number of ether oxygens (including phenoxy) is 2. The largest absolute Gasteiger partial charge is 0.477 e. The Balaban J connectivity index is 0.00000137. The molecule has 1 rings (SSSR count). The molecule has 1 aromatic heterocycles. The third-order valence-electron chi connectivity index (χ3n) is 1.64. The molecule has 0 aliphatic carbocycles. The first kappa shape index (κ1) is 16.6. The second kappa shape index (κ2) is 8.66. The molecule has 18 heavy (non-hydrogen) atoms. The zero-order valence-electron chi connectivity index (χ0n) is 11.5. The van der Waals surface area contributed by atoms with Crippen LogP contribution in [-0.2, 0) is 4.74 Å². The zero-order chi connectivity index (χ0) is 14.0. The summed E-state index contributed by atoms with van der Waals surface area (Å²) in [5, 5.41) is 9.27. The molecular weight excluding hydrogens is 234 g/mol. The summed E-state index contributed by atoms with van der Waals surface area (Å²) >= 11 is 0. The molecular formula is C12H23N3O3. The maximum absolute atomic E-state index is 9.27. The summed E-state index contributed by atoms with van der Waals surface area (Å²) in [5.41, 5.74) is 5.39. The quantitative estimate of drug-likeness (QED) is 0.594. The van der Waals surface area contributed by atoms with E-state index in [0.29, 0.717) is 25.5 Å². The highest BCUT2D eigenvalue weighted by Gasteiger charge is 2.11. The van der Waals surface area contributed by atoms with Crippen LogP contribution in [0.4, 0.5) is 5.95 Å². The molecule has 0 radical (unpaired) electrons. The van der Waals surface area contributed by atoms with Crippen LogP contribution in [0.15, 0.2) is 12.3 Å². The van der Waals surface area contributed by atoms with Gasteiger partial charge in [-0.15, -0.1) is 0 Å². The van der Waals surface area contributed by atoms with E-state index in [1.165, 1.54) is 6.20 Å². The van der Waals surface area contributed by atoms with Crippen molar-refractivity contribution in [3.8, 4) is 5.88 Å². The standard InChI is InChI=1S/C10H17N3O3.C2H6/c1-10(2,14)16-7-3-6-15-8-4-5-12-9(11)13-8;1-2/h4-5,14H,3,6-7H2,1-2H3,(H2,11,12,13);1-2H3. The minimum absolute atomic E-state index is 0.185. The van der Waals surface area contributed by atoms with Crippen molar-refractivity contribution in [2.45, 2.75) is 39.9 Å². The fraction of sp³-hybridized carbons (Fsp3) is 0.667.